The normalized spacial score (nSPS) is 36.1. The van der Waals surface area contributed by atoms with Gasteiger partial charge in [-0.1, -0.05) is 6.92 Å². The van der Waals surface area contributed by atoms with E-state index in [0.29, 0.717) is 5.92 Å². The minimum absolute atomic E-state index is 0.172. The van der Waals surface area contributed by atoms with Crippen LogP contribution in [0.25, 0.3) is 0 Å². The van der Waals surface area contributed by atoms with Crippen molar-refractivity contribution in [2.24, 2.45) is 5.92 Å². The van der Waals surface area contributed by atoms with Gasteiger partial charge in [0.2, 0.25) is 6.04 Å². The van der Waals surface area contributed by atoms with Crippen LogP contribution in [0.3, 0.4) is 0 Å². The highest BCUT2D eigenvalue weighted by Crippen LogP contribution is 2.28. The van der Waals surface area contributed by atoms with Gasteiger partial charge in [-0.05, 0) is 6.42 Å². The smallest absolute Gasteiger partial charge is 0.215 e. The highest BCUT2D eigenvalue weighted by molar-refractivity contribution is 4.76. The Labute approximate surface area is 47.8 Å². The standard InChI is InChI=1S/C5H9NO2/c1-4-2-3-5(4)6(7)8/h4-5H,2-3H2,1H3. The minimum Gasteiger partial charge on any atom is -0.264 e. The van der Waals surface area contributed by atoms with Crippen molar-refractivity contribution < 1.29 is 4.92 Å². The summed E-state index contributed by atoms with van der Waals surface area (Å²) in [6.45, 7) is 1.93. The Hall–Kier alpha value is -0.600. The average molecular weight is 115 g/mol. The highest BCUT2D eigenvalue weighted by atomic mass is 16.6. The molecule has 1 rings (SSSR count). The zero-order valence-corrected chi connectivity index (χ0v) is 4.83. The van der Waals surface area contributed by atoms with Crippen LogP contribution in [0.4, 0.5) is 0 Å². The third kappa shape index (κ3) is 0.680. The quantitative estimate of drug-likeness (QED) is 0.379. The fraction of sp³-hybridized carbons (Fsp3) is 1.00. The predicted octanol–water partition coefficient (Wildman–Crippen LogP) is 1.06. The molecule has 0 saturated heterocycles. The number of nitrogens with zero attached hydrogens (tertiary/aromatic N) is 1. The first kappa shape index (κ1) is 5.54. The van der Waals surface area contributed by atoms with E-state index < -0.39 is 0 Å². The maximum absolute atomic E-state index is 10.00. The molecule has 8 heavy (non-hydrogen) atoms. The van der Waals surface area contributed by atoms with Crippen LogP contribution >= 0.6 is 0 Å². The van der Waals surface area contributed by atoms with Gasteiger partial charge < -0.3 is 0 Å². The van der Waals surface area contributed by atoms with E-state index in [-0.39, 0.29) is 11.0 Å². The molecular formula is C5H9NO2. The van der Waals surface area contributed by atoms with E-state index >= 15 is 0 Å². The third-order valence-corrected chi connectivity index (χ3v) is 1.85. The van der Waals surface area contributed by atoms with Crippen molar-refractivity contribution in [3.63, 3.8) is 0 Å². The number of rotatable bonds is 1. The van der Waals surface area contributed by atoms with Crippen molar-refractivity contribution in [2.75, 3.05) is 0 Å². The minimum atomic E-state index is -0.227. The lowest BCUT2D eigenvalue weighted by molar-refractivity contribution is -0.546. The largest absolute Gasteiger partial charge is 0.264 e. The maximum Gasteiger partial charge on any atom is 0.215 e. The van der Waals surface area contributed by atoms with E-state index in [1.54, 1.807) is 0 Å². The van der Waals surface area contributed by atoms with E-state index in [1.807, 2.05) is 6.92 Å². The molecule has 1 aliphatic rings. The van der Waals surface area contributed by atoms with Crippen LogP contribution in [-0.4, -0.2) is 11.0 Å². The Kier molecular flexibility index (Phi) is 1.19. The third-order valence-electron chi connectivity index (χ3n) is 1.85. The topological polar surface area (TPSA) is 43.1 Å². The molecule has 0 bridgehead atoms. The Bertz CT molecular complexity index is 113. The molecular weight excluding hydrogens is 106 g/mol. The van der Waals surface area contributed by atoms with Crippen molar-refractivity contribution in [3.05, 3.63) is 10.1 Å². The summed E-state index contributed by atoms with van der Waals surface area (Å²) in [5.41, 5.74) is 0. The lowest BCUT2D eigenvalue weighted by atomic mass is 9.82. The van der Waals surface area contributed by atoms with Gasteiger partial charge in [-0.3, -0.25) is 10.1 Å². The van der Waals surface area contributed by atoms with Crippen molar-refractivity contribution in [1.29, 1.82) is 0 Å². The van der Waals surface area contributed by atoms with E-state index in [9.17, 15) is 10.1 Å². The van der Waals surface area contributed by atoms with Crippen LogP contribution in [-0.2, 0) is 0 Å². The van der Waals surface area contributed by atoms with Crippen molar-refractivity contribution in [3.8, 4) is 0 Å². The van der Waals surface area contributed by atoms with E-state index in [1.165, 1.54) is 0 Å². The molecule has 0 spiro atoms. The molecule has 3 heteroatoms. The first-order valence-corrected chi connectivity index (χ1v) is 2.85. The van der Waals surface area contributed by atoms with E-state index in [4.69, 9.17) is 0 Å². The molecule has 0 amide bonds. The zero-order chi connectivity index (χ0) is 6.15. The van der Waals surface area contributed by atoms with Crippen LogP contribution in [0.1, 0.15) is 19.8 Å². The molecule has 0 aliphatic heterocycles. The summed E-state index contributed by atoms with van der Waals surface area (Å²) < 4.78 is 0. The molecule has 1 fully saturated rings. The summed E-state index contributed by atoms with van der Waals surface area (Å²) in [4.78, 5) is 9.83. The van der Waals surface area contributed by atoms with Crippen LogP contribution in [0.5, 0.6) is 0 Å². The number of hydrogen-bond donors (Lipinski definition) is 0. The van der Waals surface area contributed by atoms with Gasteiger partial charge in [0.05, 0.1) is 0 Å². The van der Waals surface area contributed by atoms with Crippen LogP contribution in [0, 0.1) is 16.0 Å². The first-order valence-electron chi connectivity index (χ1n) is 2.85. The number of hydrogen-bond acceptors (Lipinski definition) is 2. The summed E-state index contributed by atoms with van der Waals surface area (Å²) in [7, 11) is 0. The van der Waals surface area contributed by atoms with Gasteiger partial charge >= 0.3 is 0 Å². The second kappa shape index (κ2) is 1.73. The lowest BCUT2D eigenvalue weighted by Gasteiger charge is -2.25. The predicted molar refractivity (Wildman–Crippen MR) is 29.2 cm³/mol. The van der Waals surface area contributed by atoms with Crippen molar-refractivity contribution >= 4 is 0 Å². The van der Waals surface area contributed by atoms with Gasteiger partial charge in [0.1, 0.15) is 0 Å². The van der Waals surface area contributed by atoms with Gasteiger partial charge in [-0.15, -0.1) is 0 Å². The molecule has 0 aromatic rings. The molecule has 2 atom stereocenters. The summed E-state index contributed by atoms with van der Waals surface area (Å²) in [6.07, 6.45) is 1.82. The molecule has 0 heterocycles. The fourth-order valence-electron chi connectivity index (χ4n) is 0.962. The Morgan fingerprint density at radius 3 is 2.25 bits per heavy atom. The summed E-state index contributed by atoms with van der Waals surface area (Å²) >= 11 is 0. The van der Waals surface area contributed by atoms with Gasteiger partial charge in [-0.2, -0.15) is 0 Å². The fourth-order valence-corrected chi connectivity index (χ4v) is 0.962. The van der Waals surface area contributed by atoms with Gasteiger partial charge in [0, 0.05) is 17.3 Å². The molecule has 1 saturated carbocycles. The van der Waals surface area contributed by atoms with Crippen LogP contribution in [0.15, 0.2) is 0 Å². The lowest BCUT2D eigenvalue weighted by Crippen LogP contribution is -2.36. The zero-order valence-electron chi connectivity index (χ0n) is 4.83. The number of nitro groups is 1. The molecule has 0 aromatic heterocycles. The molecule has 46 valence electrons. The Balaban J connectivity index is 2.37. The molecule has 3 nitrogen and oxygen atoms in total. The first-order chi connectivity index (χ1) is 3.72. The highest BCUT2D eigenvalue weighted by Gasteiger charge is 2.36. The molecule has 1 aliphatic carbocycles. The van der Waals surface area contributed by atoms with Crippen LogP contribution < -0.4 is 0 Å². The Morgan fingerprint density at radius 1 is 1.62 bits per heavy atom. The van der Waals surface area contributed by atoms with Crippen molar-refractivity contribution in [2.45, 2.75) is 25.8 Å². The summed E-state index contributed by atoms with van der Waals surface area (Å²) in [5.74, 6) is 0.324. The van der Waals surface area contributed by atoms with Gasteiger partial charge in [-0.25, -0.2) is 0 Å². The van der Waals surface area contributed by atoms with Crippen molar-refractivity contribution in [1.82, 2.24) is 0 Å². The summed E-state index contributed by atoms with van der Waals surface area (Å²) in [6, 6.07) is -0.227. The second-order valence-corrected chi connectivity index (χ2v) is 2.41. The van der Waals surface area contributed by atoms with Gasteiger partial charge in [0.25, 0.3) is 0 Å². The summed E-state index contributed by atoms with van der Waals surface area (Å²) in [5, 5.41) is 10.00. The monoisotopic (exact) mass is 115 g/mol. The molecule has 0 aromatic carbocycles. The Morgan fingerprint density at radius 2 is 2.25 bits per heavy atom. The van der Waals surface area contributed by atoms with Crippen LogP contribution in [0.2, 0.25) is 0 Å². The molecule has 0 radical (unpaired) electrons. The molecule has 0 N–H and O–H groups in total. The van der Waals surface area contributed by atoms with Gasteiger partial charge in [0.15, 0.2) is 0 Å². The maximum atomic E-state index is 10.00. The second-order valence-electron chi connectivity index (χ2n) is 2.41. The van der Waals surface area contributed by atoms with E-state index in [2.05, 4.69) is 0 Å². The average Bonchev–Trinajstić information content (AvgIpc) is 1.61. The molecule has 2 unspecified atom stereocenters. The van der Waals surface area contributed by atoms with E-state index in [0.717, 1.165) is 12.8 Å². The SMILES string of the molecule is CC1CCC1[N+](=O)[O-].